The van der Waals surface area contributed by atoms with Gasteiger partial charge in [-0.1, -0.05) is 81.5 Å². The van der Waals surface area contributed by atoms with Gasteiger partial charge in [0.05, 0.1) is 12.1 Å². The maximum absolute atomic E-state index is 7.51. The third kappa shape index (κ3) is 29.4. The van der Waals surface area contributed by atoms with Crippen molar-refractivity contribution in [3.05, 3.63) is 93.1 Å². The van der Waals surface area contributed by atoms with E-state index in [-0.39, 0.29) is 0 Å². The van der Waals surface area contributed by atoms with Crippen LogP contribution >= 0.6 is 0 Å². The highest BCUT2D eigenvalue weighted by atomic mass is 14.2. The van der Waals surface area contributed by atoms with Gasteiger partial charge in [-0.25, -0.2) is 0 Å². The van der Waals surface area contributed by atoms with Gasteiger partial charge >= 0.3 is 0 Å². The third-order valence-corrected chi connectivity index (χ3v) is 1.38. The predicted octanol–water partition coefficient (Wildman–Crippen LogP) is 5.08. The Morgan fingerprint density at radius 3 is 1.25 bits per heavy atom. The van der Waals surface area contributed by atoms with E-state index in [1.165, 1.54) is 17.7 Å². The molecule has 1 rings (SSSR count). The topological polar surface area (TPSA) is 47.6 Å². The Morgan fingerprint density at radius 2 is 1.10 bits per heavy atom. The largest absolute Gasteiger partial charge is 0.193 e. The van der Waals surface area contributed by atoms with Gasteiger partial charge in [0, 0.05) is 12.2 Å². The quantitative estimate of drug-likeness (QED) is 0.552. The van der Waals surface area contributed by atoms with Gasteiger partial charge in [0.2, 0.25) is 0 Å². The molecule has 0 heterocycles. The zero-order chi connectivity index (χ0) is 16.1. The van der Waals surface area contributed by atoms with Gasteiger partial charge in [0.1, 0.15) is 0 Å². The molecule has 0 aliphatic rings. The number of hydrogen-bond donors (Lipinski definition) is 0. The molecule has 0 fully saturated rings. The van der Waals surface area contributed by atoms with Crippen LogP contribution in [-0.4, -0.2) is 0 Å². The summed E-state index contributed by atoms with van der Waals surface area (Å²) in [6.07, 6.45) is 7.47. The van der Waals surface area contributed by atoms with Crippen molar-refractivity contribution in [2.45, 2.75) is 0 Å². The summed E-state index contributed by atoms with van der Waals surface area (Å²) in [6, 6.07) is 13.4. The van der Waals surface area contributed by atoms with Crippen LogP contribution in [0.4, 0.5) is 0 Å². The highest BCUT2D eigenvalue weighted by molar-refractivity contribution is 5.45. The Balaban J connectivity index is -0.000000209. The van der Waals surface area contributed by atoms with Gasteiger partial charge in [-0.2, -0.15) is 10.5 Å². The molecule has 0 aliphatic carbocycles. The van der Waals surface area contributed by atoms with Gasteiger partial charge in [-0.3, -0.25) is 0 Å². The van der Waals surface area contributed by atoms with Crippen molar-refractivity contribution in [2.24, 2.45) is 0 Å². The van der Waals surface area contributed by atoms with Crippen LogP contribution in [0.15, 0.2) is 87.5 Å². The SMILES string of the molecule is C=CC#N.C=CC#N.C=CC=C.C=Cc1ccccc1. The fourth-order valence-corrected chi connectivity index (χ4v) is 0.589. The molecule has 0 bridgehead atoms. The first-order valence-corrected chi connectivity index (χ1v) is 5.60. The minimum absolute atomic E-state index is 1.17. The van der Waals surface area contributed by atoms with Crippen LogP contribution in [0.25, 0.3) is 6.08 Å². The van der Waals surface area contributed by atoms with Crippen LogP contribution < -0.4 is 0 Å². The number of allylic oxidation sites excluding steroid dienone is 4. The van der Waals surface area contributed by atoms with E-state index in [2.05, 4.69) is 32.9 Å². The highest BCUT2D eigenvalue weighted by Crippen LogP contribution is 1.97. The van der Waals surface area contributed by atoms with Crippen LogP contribution in [0.3, 0.4) is 0 Å². The second-order valence-corrected chi connectivity index (χ2v) is 2.75. The molecule has 0 radical (unpaired) electrons. The molecule has 0 atom stereocenters. The zero-order valence-corrected chi connectivity index (χ0v) is 11.7. The molecule has 20 heavy (non-hydrogen) atoms. The summed E-state index contributed by atoms with van der Waals surface area (Å²) >= 11 is 0. The number of hydrogen-bond acceptors (Lipinski definition) is 2. The Bertz CT molecular complexity index is 432. The normalized spacial score (nSPS) is 5.90. The summed E-state index contributed by atoms with van der Waals surface area (Å²) in [5.41, 5.74) is 1.17. The molecule has 0 aliphatic heterocycles. The smallest absolute Gasteiger partial charge is 0.0905 e. The Hall–Kier alpha value is -3.10. The van der Waals surface area contributed by atoms with Crippen molar-refractivity contribution >= 4 is 6.08 Å². The van der Waals surface area contributed by atoms with Gasteiger partial charge in [0.15, 0.2) is 0 Å². The predicted molar refractivity (Wildman–Crippen MR) is 88.5 cm³/mol. The molecule has 0 aromatic heterocycles. The second kappa shape index (κ2) is 24.9. The molecule has 0 amide bonds. The van der Waals surface area contributed by atoms with E-state index >= 15 is 0 Å². The second-order valence-electron chi connectivity index (χ2n) is 2.75. The van der Waals surface area contributed by atoms with Crippen molar-refractivity contribution in [2.75, 3.05) is 0 Å². The fraction of sp³-hybridized carbons (Fsp3) is 0. The van der Waals surface area contributed by atoms with Crippen molar-refractivity contribution in [3.63, 3.8) is 0 Å². The lowest BCUT2D eigenvalue weighted by molar-refractivity contribution is 1.54. The molecule has 102 valence electrons. The molecule has 0 saturated carbocycles. The van der Waals surface area contributed by atoms with Crippen molar-refractivity contribution < 1.29 is 0 Å². The maximum atomic E-state index is 7.51. The van der Waals surface area contributed by atoms with E-state index in [1.54, 1.807) is 24.3 Å². The monoisotopic (exact) mass is 264 g/mol. The van der Waals surface area contributed by atoms with Gasteiger partial charge in [-0.05, 0) is 5.56 Å². The van der Waals surface area contributed by atoms with E-state index in [0.717, 1.165) is 0 Å². The van der Waals surface area contributed by atoms with Crippen LogP contribution in [0.2, 0.25) is 0 Å². The third-order valence-electron chi connectivity index (χ3n) is 1.38. The first-order chi connectivity index (χ1) is 9.67. The van der Waals surface area contributed by atoms with E-state index in [4.69, 9.17) is 10.5 Å². The van der Waals surface area contributed by atoms with Crippen molar-refractivity contribution in [3.8, 4) is 12.1 Å². The lowest BCUT2D eigenvalue weighted by Crippen LogP contribution is -1.63. The number of nitrogens with zero attached hydrogens (tertiary/aromatic N) is 2. The zero-order valence-electron chi connectivity index (χ0n) is 11.7. The molecule has 0 spiro atoms. The number of benzene rings is 1. The van der Waals surface area contributed by atoms with E-state index in [9.17, 15) is 0 Å². The van der Waals surface area contributed by atoms with Crippen LogP contribution in [0, 0.1) is 22.7 Å². The Labute approximate surface area is 122 Å². The summed E-state index contributed by atoms with van der Waals surface area (Å²) in [4.78, 5) is 0. The molecule has 2 nitrogen and oxygen atoms in total. The van der Waals surface area contributed by atoms with E-state index in [1.807, 2.05) is 36.4 Å². The average Bonchev–Trinajstić information content (AvgIpc) is 2.56. The fourth-order valence-electron chi connectivity index (χ4n) is 0.589. The molecule has 0 unspecified atom stereocenters. The lowest BCUT2D eigenvalue weighted by Gasteiger charge is -1.85. The van der Waals surface area contributed by atoms with E-state index in [0.29, 0.717) is 0 Å². The van der Waals surface area contributed by atoms with Crippen LogP contribution in [0.5, 0.6) is 0 Å². The first kappa shape index (κ1) is 22.1. The summed E-state index contributed by atoms with van der Waals surface area (Å²) in [5, 5.41) is 15.0. The Kier molecular flexibility index (Phi) is 27.6. The first-order valence-electron chi connectivity index (χ1n) is 5.60. The molecule has 0 N–H and O–H groups in total. The van der Waals surface area contributed by atoms with Crippen molar-refractivity contribution in [1.29, 1.82) is 10.5 Å². The molecular weight excluding hydrogens is 244 g/mol. The van der Waals surface area contributed by atoms with Gasteiger partial charge in [0.25, 0.3) is 0 Å². The summed E-state index contributed by atoms with van der Waals surface area (Å²) in [7, 11) is 0. The van der Waals surface area contributed by atoms with Gasteiger partial charge in [-0.15, -0.1) is 0 Å². The molecular formula is C18H20N2. The lowest BCUT2D eigenvalue weighted by atomic mass is 10.2. The standard InChI is InChI=1S/C8H8.C4H6.2C3H3N/c1-2-8-6-4-3-5-7-8;1-3-4-2;2*1-2-3-4/h2-7H,1H2;3-4H,1-2H2;2*2H,1H2. The summed E-state index contributed by atoms with van der Waals surface area (Å²) < 4.78 is 0. The van der Waals surface area contributed by atoms with Gasteiger partial charge < -0.3 is 0 Å². The highest BCUT2D eigenvalue weighted by Gasteiger charge is 1.75. The summed E-state index contributed by atoms with van der Waals surface area (Å²) in [6.45, 7) is 16.6. The minimum Gasteiger partial charge on any atom is -0.193 e. The molecule has 1 aromatic carbocycles. The average molecular weight is 264 g/mol. The van der Waals surface area contributed by atoms with Crippen LogP contribution in [0.1, 0.15) is 5.56 Å². The molecule has 2 heteroatoms. The number of rotatable bonds is 2. The summed E-state index contributed by atoms with van der Waals surface area (Å²) in [5.74, 6) is 0. The molecule has 1 aromatic rings. The van der Waals surface area contributed by atoms with Crippen molar-refractivity contribution in [1.82, 2.24) is 0 Å². The number of nitriles is 2. The minimum atomic E-state index is 1.17. The maximum Gasteiger partial charge on any atom is 0.0905 e. The Morgan fingerprint density at radius 1 is 0.750 bits per heavy atom. The molecule has 0 saturated heterocycles. The van der Waals surface area contributed by atoms with Crippen LogP contribution in [-0.2, 0) is 0 Å². The van der Waals surface area contributed by atoms with E-state index < -0.39 is 0 Å².